The minimum Gasteiger partial charge on any atom is -0.377 e. The molecule has 1 aromatic rings. The molecule has 1 aliphatic rings. The molecule has 0 radical (unpaired) electrons. The van der Waals surface area contributed by atoms with E-state index in [-0.39, 0.29) is 12.1 Å². The van der Waals surface area contributed by atoms with Gasteiger partial charge < -0.3 is 5.11 Å². The summed E-state index contributed by atoms with van der Waals surface area (Å²) in [5.74, 6) is -2.15. The van der Waals surface area contributed by atoms with E-state index in [1.165, 1.54) is 11.3 Å². The molecule has 0 amide bonds. The predicted molar refractivity (Wildman–Crippen MR) is 63.9 cm³/mol. The van der Waals surface area contributed by atoms with Crippen molar-refractivity contribution in [1.29, 1.82) is 5.26 Å². The quantitative estimate of drug-likeness (QED) is 0.788. The van der Waals surface area contributed by atoms with E-state index in [4.69, 9.17) is 5.26 Å². The normalized spacial score (nSPS) is 17.3. The van der Waals surface area contributed by atoms with Crippen LogP contribution >= 0.6 is 0 Å². The van der Waals surface area contributed by atoms with Crippen LogP contribution in [0, 0.1) is 23.0 Å². The van der Waals surface area contributed by atoms with Gasteiger partial charge in [-0.05, 0) is 23.8 Å². The number of benzene rings is 1. The third-order valence-corrected chi connectivity index (χ3v) is 2.85. The van der Waals surface area contributed by atoms with E-state index >= 15 is 0 Å². The fourth-order valence-corrected chi connectivity index (χ4v) is 1.89. The van der Waals surface area contributed by atoms with Gasteiger partial charge >= 0.3 is 0 Å². The molecule has 0 saturated carbocycles. The number of nitrogens with one attached hydrogen (secondary N) is 1. The highest BCUT2D eigenvalue weighted by Gasteiger charge is 2.27. The lowest BCUT2D eigenvalue weighted by molar-refractivity contribution is 0.169. The van der Waals surface area contributed by atoms with Crippen LogP contribution in [0.3, 0.4) is 0 Å². The molecule has 0 fully saturated rings. The Morgan fingerprint density at radius 3 is 2.95 bits per heavy atom. The molecule has 2 unspecified atom stereocenters. The SMILES string of the molecule is N#CC(O)C(CN1C=NCN1)c1cc(F)ccc1F. The molecule has 7 heteroatoms. The molecule has 0 aliphatic carbocycles. The molecule has 1 aliphatic heterocycles. The van der Waals surface area contributed by atoms with Crippen LogP contribution in [0.1, 0.15) is 11.5 Å². The van der Waals surface area contributed by atoms with Crippen molar-refractivity contribution < 1.29 is 13.9 Å². The Hall–Kier alpha value is -2.04. The van der Waals surface area contributed by atoms with E-state index in [1.807, 2.05) is 0 Å². The number of aliphatic hydroxyl groups excluding tert-OH is 1. The Labute approximate surface area is 108 Å². The molecule has 5 nitrogen and oxygen atoms in total. The molecule has 19 heavy (non-hydrogen) atoms. The third-order valence-electron chi connectivity index (χ3n) is 2.85. The Balaban J connectivity index is 2.28. The van der Waals surface area contributed by atoms with Crippen molar-refractivity contribution in [3.63, 3.8) is 0 Å². The second-order valence-corrected chi connectivity index (χ2v) is 4.11. The fraction of sp³-hybridized carbons (Fsp3) is 0.333. The van der Waals surface area contributed by atoms with E-state index in [9.17, 15) is 13.9 Å². The van der Waals surface area contributed by atoms with Crippen LogP contribution in [0.2, 0.25) is 0 Å². The van der Waals surface area contributed by atoms with Crippen molar-refractivity contribution in [2.75, 3.05) is 13.2 Å². The van der Waals surface area contributed by atoms with Gasteiger partial charge in [-0.1, -0.05) is 0 Å². The second-order valence-electron chi connectivity index (χ2n) is 4.11. The Bertz CT molecular complexity index is 529. The van der Waals surface area contributed by atoms with Gasteiger partial charge in [-0.15, -0.1) is 0 Å². The summed E-state index contributed by atoms with van der Waals surface area (Å²) in [6.07, 6.45) is 0.0426. The third kappa shape index (κ3) is 3.05. The highest BCUT2D eigenvalue weighted by molar-refractivity contribution is 5.56. The molecule has 1 heterocycles. The predicted octanol–water partition coefficient (Wildman–Crippen LogP) is 0.739. The van der Waals surface area contributed by atoms with Gasteiger partial charge in [0.15, 0.2) is 0 Å². The van der Waals surface area contributed by atoms with E-state index in [1.54, 1.807) is 6.07 Å². The standard InChI is InChI=1S/C12H12F2N4O/c13-8-1-2-11(14)9(3-8)10(12(19)4-15)5-18-7-16-6-17-18/h1-3,7,10,12,17,19H,5-6H2. The van der Waals surface area contributed by atoms with Crippen molar-refractivity contribution in [3.05, 3.63) is 35.4 Å². The van der Waals surface area contributed by atoms with Gasteiger partial charge in [-0.2, -0.15) is 5.26 Å². The van der Waals surface area contributed by atoms with Crippen molar-refractivity contribution in [2.45, 2.75) is 12.0 Å². The summed E-state index contributed by atoms with van der Waals surface area (Å²) < 4.78 is 26.9. The lowest BCUT2D eigenvalue weighted by Gasteiger charge is -2.24. The van der Waals surface area contributed by atoms with E-state index in [2.05, 4.69) is 10.4 Å². The zero-order chi connectivity index (χ0) is 13.8. The maximum Gasteiger partial charge on any atom is 0.149 e. The lowest BCUT2D eigenvalue weighted by Crippen LogP contribution is -2.38. The summed E-state index contributed by atoms with van der Waals surface area (Å²) in [5.41, 5.74) is 2.81. The summed E-state index contributed by atoms with van der Waals surface area (Å²) in [6, 6.07) is 4.62. The average Bonchev–Trinajstić information content (AvgIpc) is 2.91. The van der Waals surface area contributed by atoms with Crippen LogP contribution < -0.4 is 5.43 Å². The first-order valence-corrected chi connectivity index (χ1v) is 5.64. The molecule has 0 aromatic heterocycles. The van der Waals surface area contributed by atoms with Crippen LogP contribution in [0.5, 0.6) is 0 Å². The Morgan fingerprint density at radius 1 is 1.53 bits per heavy atom. The van der Waals surface area contributed by atoms with Gasteiger partial charge in [0, 0.05) is 12.5 Å². The summed E-state index contributed by atoms with van der Waals surface area (Å²) in [4.78, 5) is 3.89. The van der Waals surface area contributed by atoms with Crippen LogP contribution in [-0.2, 0) is 0 Å². The number of nitrogens with zero attached hydrogens (tertiary/aromatic N) is 3. The van der Waals surface area contributed by atoms with Crippen molar-refractivity contribution >= 4 is 6.34 Å². The molecule has 100 valence electrons. The monoisotopic (exact) mass is 266 g/mol. The number of hydrazine groups is 1. The van der Waals surface area contributed by atoms with Crippen molar-refractivity contribution in [1.82, 2.24) is 10.4 Å². The number of aliphatic imine (C=N–C) groups is 1. The van der Waals surface area contributed by atoms with Crippen LogP contribution in [0.25, 0.3) is 0 Å². The van der Waals surface area contributed by atoms with E-state index < -0.39 is 23.7 Å². The molecule has 2 N–H and O–H groups in total. The maximum atomic E-state index is 13.7. The smallest absolute Gasteiger partial charge is 0.149 e. The van der Waals surface area contributed by atoms with Gasteiger partial charge in [0.1, 0.15) is 30.7 Å². The number of hydrogen-bond acceptors (Lipinski definition) is 5. The molecule has 2 atom stereocenters. The zero-order valence-electron chi connectivity index (χ0n) is 9.92. The first-order chi connectivity index (χ1) is 9.11. The number of hydrogen-bond donors (Lipinski definition) is 2. The summed E-state index contributed by atoms with van der Waals surface area (Å²) in [6.45, 7) is 0.486. The molecule has 0 spiro atoms. The van der Waals surface area contributed by atoms with Gasteiger partial charge in [0.2, 0.25) is 0 Å². The molecular formula is C12H12F2N4O. The van der Waals surface area contributed by atoms with Gasteiger partial charge in [0.05, 0.1) is 6.07 Å². The number of nitriles is 1. The second kappa shape index (κ2) is 5.73. The number of aliphatic hydroxyl groups is 1. The first-order valence-electron chi connectivity index (χ1n) is 5.64. The number of rotatable bonds is 4. The van der Waals surface area contributed by atoms with E-state index in [0.29, 0.717) is 6.67 Å². The average molecular weight is 266 g/mol. The topological polar surface area (TPSA) is 71.6 Å². The molecule has 1 aromatic carbocycles. The van der Waals surface area contributed by atoms with Crippen LogP contribution in [0.4, 0.5) is 8.78 Å². The molecule has 0 saturated heterocycles. The highest BCUT2D eigenvalue weighted by Crippen LogP contribution is 2.24. The lowest BCUT2D eigenvalue weighted by atomic mass is 9.93. The minimum atomic E-state index is -1.44. The summed E-state index contributed by atoms with van der Waals surface area (Å²) in [5, 5.41) is 20.0. The highest BCUT2D eigenvalue weighted by atomic mass is 19.1. The minimum absolute atomic E-state index is 0.0313. The van der Waals surface area contributed by atoms with Crippen molar-refractivity contribution in [3.8, 4) is 6.07 Å². The Kier molecular flexibility index (Phi) is 4.04. The Morgan fingerprint density at radius 2 is 2.32 bits per heavy atom. The fourth-order valence-electron chi connectivity index (χ4n) is 1.89. The van der Waals surface area contributed by atoms with Gasteiger partial charge in [-0.3, -0.25) is 10.0 Å². The summed E-state index contributed by atoms with van der Waals surface area (Å²) >= 11 is 0. The zero-order valence-corrected chi connectivity index (χ0v) is 9.92. The summed E-state index contributed by atoms with van der Waals surface area (Å²) in [7, 11) is 0. The van der Waals surface area contributed by atoms with Gasteiger partial charge in [0.25, 0.3) is 0 Å². The van der Waals surface area contributed by atoms with Crippen molar-refractivity contribution in [2.24, 2.45) is 4.99 Å². The maximum absolute atomic E-state index is 13.7. The number of halogens is 2. The van der Waals surface area contributed by atoms with Crippen LogP contribution in [-0.4, -0.2) is 35.8 Å². The van der Waals surface area contributed by atoms with Crippen LogP contribution in [0.15, 0.2) is 23.2 Å². The molecular weight excluding hydrogens is 254 g/mol. The van der Waals surface area contributed by atoms with Gasteiger partial charge in [-0.25, -0.2) is 14.2 Å². The molecule has 2 rings (SSSR count). The largest absolute Gasteiger partial charge is 0.377 e. The first kappa shape index (κ1) is 13.4. The molecule has 0 bridgehead atoms. The van der Waals surface area contributed by atoms with E-state index in [0.717, 1.165) is 18.2 Å².